The number of carboxylic acid groups (broad SMARTS) is 1. The molecule has 1 saturated heterocycles. The molecule has 2 heterocycles. The number of hydrogen-bond donors (Lipinski definition) is 1. The molecule has 1 N–H and O–H groups in total. The molecule has 0 aliphatic carbocycles. The quantitative estimate of drug-likeness (QED) is 0.872. The van der Waals surface area contributed by atoms with Crippen LogP contribution in [0.5, 0.6) is 0 Å². The highest BCUT2D eigenvalue weighted by Crippen LogP contribution is 2.30. The van der Waals surface area contributed by atoms with E-state index in [2.05, 4.69) is 14.9 Å². The first-order chi connectivity index (χ1) is 9.74. The summed E-state index contributed by atoms with van der Waals surface area (Å²) in [5.41, 5.74) is 1.66. The number of nitrogens with zero attached hydrogens (tertiary/aromatic N) is 3. The summed E-state index contributed by atoms with van der Waals surface area (Å²) >= 11 is 1.24. The zero-order chi connectivity index (χ0) is 13.9. The number of para-hydroxylation sites is 2. The van der Waals surface area contributed by atoms with Crippen molar-refractivity contribution in [2.24, 2.45) is 0 Å². The van der Waals surface area contributed by atoms with E-state index in [0.29, 0.717) is 5.03 Å². The van der Waals surface area contributed by atoms with E-state index in [1.807, 2.05) is 24.3 Å². The van der Waals surface area contributed by atoms with Crippen LogP contribution in [0.25, 0.3) is 11.0 Å². The lowest BCUT2D eigenvalue weighted by atomic mass is 10.3. The first kappa shape index (κ1) is 13.2. The van der Waals surface area contributed by atoms with Crippen LogP contribution in [0, 0.1) is 0 Å². The van der Waals surface area contributed by atoms with Crippen molar-refractivity contribution in [3.63, 3.8) is 0 Å². The fourth-order valence-corrected chi connectivity index (χ4v) is 3.06. The second-order valence-electron chi connectivity index (χ2n) is 4.72. The van der Waals surface area contributed by atoms with Gasteiger partial charge in [0.2, 0.25) is 0 Å². The number of aromatic nitrogens is 2. The fraction of sp³-hybridized carbons (Fsp3) is 0.357. The van der Waals surface area contributed by atoms with Gasteiger partial charge in [0, 0.05) is 13.1 Å². The molecule has 104 valence electrons. The van der Waals surface area contributed by atoms with Crippen LogP contribution >= 0.6 is 11.8 Å². The van der Waals surface area contributed by atoms with Gasteiger partial charge >= 0.3 is 5.97 Å². The number of carboxylic acids is 1. The van der Waals surface area contributed by atoms with E-state index in [0.717, 1.165) is 42.8 Å². The van der Waals surface area contributed by atoms with E-state index >= 15 is 0 Å². The van der Waals surface area contributed by atoms with Crippen molar-refractivity contribution in [1.29, 1.82) is 0 Å². The van der Waals surface area contributed by atoms with Crippen LogP contribution < -0.4 is 4.90 Å². The van der Waals surface area contributed by atoms with Gasteiger partial charge in [0.25, 0.3) is 0 Å². The van der Waals surface area contributed by atoms with Gasteiger partial charge in [-0.1, -0.05) is 23.9 Å². The van der Waals surface area contributed by atoms with Gasteiger partial charge in [-0.2, -0.15) is 0 Å². The Balaban J connectivity index is 2.02. The Morgan fingerprint density at radius 2 is 1.85 bits per heavy atom. The van der Waals surface area contributed by atoms with E-state index in [-0.39, 0.29) is 5.75 Å². The summed E-state index contributed by atoms with van der Waals surface area (Å²) in [4.78, 5) is 22.3. The van der Waals surface area contributed by atoms with Crippen LogP contribution in [-0.2, 0) is 4.79 Å². The molecule has 1 fully saturated rings. The largest absolute Gasteiger partial charge is 0.481 e. The molecule has 3 rings (SSSR count). The maximum atomic E-state index is 10.8. The third-order valence-electron chi connectivity index (χ3n) is 3.26. The Morgan fingerprint density at radius 1 is 1.20 bits per heavy atom. The Kier molecular flexibility index (Phi) is 3.73. The number of anilines is 1. The molecule has 1 aromatic carbocycles. The highest BCUT2D eigenvalue weighted by molar-refractivity contribution is 8.00. The predicted molar refractivity (Wildman–Crippen MR) is 79.3 cm³/mol. The Morgan fingerprint density at radius 3 is 2.50 bits per heavy atom. The van der Waals surface area contributed by atoms with E-state index < -0.39 is 5.97 Å². The Bertz CT molecular complexity index is 641. The summed E-state index contributed by atoms with van der Waals surface area (Å²) in [6, 6.07) is 7.70. The summed E-state index contributed by atoms with van der Waals surface area (Å²) in [6.45, 7) is 1.93. The third-order valence-corrected chi connectivity index (χ3v) is 4.20. The van der Waals surface area contributed by atoms with E-state index in [9.17, 15) is 4.79 Å². The van der Waals surface area contributed by atoms with Gasteiger partial charge in [0.05, 0.1) is 16.8 Å². The monoisotopic (exact) mass is 289 g/mol. The standard InChI is InChI=1S/C14H15N3O2S/c18-12(19)9-20-14-13(17-7-3-4-8-17)15-10-5-1-2-6-11(10)16-14/h1-2,5-6H,3-4,7-9H2,(H,18,19). The number of hydrogen-bond acceptors (Lipinski definition) is 5. The molecule has 5 nitrogen and oxygen atoms in total. The molecule has 2 aromatic rings. The van der Waals surface area contributed by atoms with Crippen LogP contribution in [0.2, 0.25) is 0 Å². The summed E-state index contributed by atoms with van der Waals surface area (Å²) in [5, 5.41) is 9.58. The molecule has 1 aliphatic heterocycles. The fourth-order valence-electron chi connectivity index (χ4n) is 2.34. The lowest BCUT2D eigenvalue weighted by Crippen LogP contribution is -2.20. The van der Waals surface area contributed by atoms with Gasteiger partial charge < -0.3 is 10.0 Å². The van der Waals surface area contributed by atoms with Crippen molar-refractivity contribution >= 4 is 34.6 Å². The molecule has 0 saturated carbocycles. The smallest absolute Gasteiger partial charge is 0.313 e. The van der Waals surface area contributed by atoms with E-state index in [1.54, 1.807) is 0 Å². The first-order valence-electron chi connectivity index (χ1n) is 6.60. The zero-order valence-electron chi connectivity index (χ0n) is 11.0. The minimum atomic E-state index is -0.836. The Hall–Kier alpha value is -1.82. The van der Waals surface area contributed by atoms with Gasteiger partial charge in [-0.25, -0.2) is 9.97 Å². The molecular formula is C14H15N3O2S. The summed E-state index contributed by atoms with van der Waals surface area (Å²) in [6.07, 6.45) is 2.30. The topological polar surface area (TPSA) is 66.3 Å². The molecular weight excluding hydrogens is 274 g/mol. The van der Waals surface area contributed by atoms with Gasteiger partial charge in [-0.05, 0) is 25.0 Å². The number of thioether (sulfide) groups is 1. The molecule has 0 bridgehead atoms. The highest BCUT2D eigenvalue weighted by Gasteiger charge is 2.20. The number of carbonyl (C=O) groups is 1. The lowest BCUT2D eigenvalue weighted by molar-refractivity contribution is -0.133. The van der Waals surface area contributed by atoms with Gasteiger partial charge in [-0.3, -0.25) is 4.79 Å². The van der Waals surface area contributed by atoms with Crippen molar-refractivity contribution in [3.05, 3.63) is 24.3 Å². The molecule has 0 atom stereocenters. The minimum Gasteiger partial charge on any atom is -0.481 e. The molecule has 20 heavy (non-hydrogen) atoms. The molecule has 0 spiro atoms. The zero-order valence-corrected chi connectivity index (χ0v) is 11.8. The van der Waals surface area contributed by atoms with Crippen LogP contribution in [0.3, 0.4) is 0 Å². The van der Waals surface area contributed by atoms with Crippen molar-refractivity contribution < 1.29 is 9.90 Å². The second-order valence-corrected chi connectivity index (χ2v) is 5.68. The van der Waals surface area contributed by atoms with Crippen LogP contribution in [-0.4, -0.2) is 39.9 Å². The molecule has 1 aromatic heterocycles. The van der Waals surface area contributed by atoms with Crippen LogP contribution in [0.4, 0.5) is 5.82 Å². The number of fused-ring (bicyclic) bond motifs is 1. The predicted octanol–water partition coefficient (Wildman–Crippen LogP) is 2.41. The highest BCUT2D eigenvalue weighted by atomic mass is 32.2. The Labute approximate surface area is 121 Å². The van der Waals surface area contributed by atoms with Crippen molar-refractivity contribution in [3.8, 4) is 0 Å². The average molecular weight is 289 g/mol. The van der Waals surface area contributed by atoms with Crippen LogP contribution in [0.15, 0.2) is 29.3 Å². The number of aliphatic carboxylic acids is 1. The minimum absolute atomic E-state index is 0.00780. The molecule has 6 heteroatoms. The maximum absolute atomic E-state index is 10.8. The van der Waals surface area contributed by atoms with Gasteiger partial charge in [-0.15, -0.1) is 0 Å². The van der Waals surface area contributed by atoms with Crippen LogP contribution in [0.1, 0.15) is 12.8 Å². The summed E-state index contributed by atoms with van der Waals surface area (Å²) in [7, 11) is 0. The average Bonchev–Trinajstić information content (AvgIpc) is 2.98. The number of benzene rings is 1. The molecule has 0 unspecified atom stereocenters. The third kappa shape index (κ3) is 2.70. The van der Waals surface area contributed by atoms with Crippen molar-refractivity contribution in [1.82, 2.24) is 9.97 Å². The SMILES string of the molecule is O=C(O)CSc1nc2ccccc2nc1N1CCCC1. The van der Waals surface area contributed by atoms with Crippen molar-refractivity contribution in [2.75, 3.05) is 23.7 Å². The van der Waals surface area contributed by atoms with Gasteiger partial charge in [0.1, 0.15) is 5.03 Å². The lowest BCUT2D eigenvalue weighted by Gasteiger charge is -2.19. The normalized spacial score (nSPS) is 14.9. The molecule has 1 aliphatic rings. The molecule has 0 radical (unpaired) electrons. The summed E-state index contributed by atoms with van der Waals surface area (Å²) in [5.74, 6) is -0.00166. The van der Waals surface area contributed by atoms with E-state index in [1.165, 1.54) is 11.8 Å². The maximum Gasteiger partial charge on any atom is 0.313 e. The first-order valence-corrected chi connectivity index (χ1v) is 7.59. The number of rotatable bonds is 4. The van der Waals surface area contributed by atoms with E-state index in [4.69, 9.17) is 5.11 Å². The van der Waals surface area contributed by atoms with Crippen molar-refractivity contribution in [2.45, 2.75) is 17.9 Å². The molecule has 0 amide bonds. The summed E-state index contributed by atoms with van der Waals surface area (Å²) < 4.78 is 0. The second kappa shape index (κ2) is 5.66. The van der Waals surface area contributed by atoms with Gasteiger partial charge in [0.15, 0.2) is 5.82 Å².